The van der Waals surface area contributed by atoms with Crippen LogP contribution in [0.1, 0.15) is 13.8 Å². The van der Waals surface area contributed by atoms with Gasteiger partial charge >= 0.3 is 0 Å². The van der Waals surface area contributed by atoms with Crippen LogP contribution in [0.25, 0.3) is 0 Å². The van der Waals surface area contributed by atoms with Crippen molar-refractivity contribution in [2.75, 3.05) is 6.67 Å². The molecule has 0 spiro atoms. The lowest BCUT2D eigenvalue weighted by Gasteiger charge is -1.99. The zero-order chi connectivity index (χ0) is 5.70. The number of rotatable bonds is 3. The van der Waals surface area contributed by atoms with Crippen molar-refractivity contribution in [3.8, 4) is 0 Å². The van der Waals surface area contributed by atoms with Gasteiger partial charge in [0.15, 0.2) is 0 Å². The van der Waals surface area contributed by atoms with Crippen molar-refractivity contribution >= 4 is 0 Å². The number of hydrogen-bond acceptors (Lipinski definition) is 3. The van der Waals surface area contributed by atoms with Gasteiger partial charge in [0.1, 0.15) is 6.67 Å². The molecule has 0 atom stereocenters. The maximum absolute atomic E-state index is 9.40. The molecule has 0 saturated heterocycles. The average molecular weight is 102 g/mol. The minimum absolute atomic E-state index is 0.220. The fraction of sp³-hybridized carbons (Fsp3) is 1.00. The summed E-state index contributed by atoms with van der Waals surface area (Å²) in [6.07, 6.45) is 0. The van der Waals surface area contributed by atoms with Gasteiger partial charge in [0.2, 0.25) is 0 Å². The normalized spacial score (nSPS) is 9.57. The summed E-state index contributed by atoms with van der Waals surface area (Å²) in [7, 11) is 0. The highest BCUT2D eigenvalue weighted by molar-refractivity contribution is 4.47. The van der Waals surface area contributed by atoms with Crippen LogP contribution in [0.3, 0.4) is 0 Å². The first-order chi connectivity index (χ1) is 3.27. The predicted octanol–water partition coefficient (Wildman–Crippen LogP) is 0.708. The zero-order valence-corrected chi connectivity index (χ0v) is 4.64. The van der Waals surface area contributed by atoms with Gasteiger partial charge in [-0.1, -0.05) is 5.18 Å². The minimum atomic E-state index is 0.220. The summed E-state index contributed by atoms with van der Waals surface area (Å²) in [5.74, 6) is 0. The summed E-state index contributed by atoms with van der Waals surface area (Å²) in [5.41, 5.74) is 0. The van der Waals surface area contributed by atoms with E-state index < -0.39 is 0 Å². The Bertz CT molecular complexity index is 53.7. The van der Waals surface area contributed by atoms with E-state index in [2.05, 4.69) is 10.5 Å². The third-order valence-electron chi connectivity index (χ3n) is 0.564. The van der Waals surface area contributed by atoms with Gasteiger partial charge in [0.05, 0.1) is 0 Å². The molecule has 0 bridgehead atoms. The van der Waals surface area contributed by atoms with Crippen molar-refractivity contribution in [2.24, 2.45) is 5.18 Å². The van der Waals surface area contributed by atoms with E-state index in [0.29, 0.717) is 6.04 Å². The third-order valence-corrected chi connectivity index (χ3v) is 0.564. The molecular weight excluding hydrogens is 92.1 g/mol. The topological polar surface area (TPSA) is 41.5 Å². The Morgan fingerprint density at radius 3 is 2.43 bits per heavy atom. The molecule has 42 valence electrons. The molecule has 0 fully saturated rings. The Labute approximate surface area is 43.1 Å². The van der Waals surface area contributed by atoms with Gasteiger partial charge in [-0.2, -0.15) is 0 Å². The quantitative estimate of drug-likeness (QED) is 0.533. The van der Waals surface area contributed by atoms with Crippen molar-refractivity contribution < 1.29 is 0 Å². The molecule has 1 N–H and O–H groups in total. The summed E-state index contributed by atoms with van der Waals surface area (Å²) < 4.78 is 0. The number of nitrogens with one attached hydrogen (secondary N) is 1. The molecule has 0 aliphatic carbocycles. The second-order valence-electron chi connectivity index (χ2n) is 1.65. The van der Waals surface area contributed by atoms with E-state index in [-0.39, 0.29) is 6.67 Å². The van der Waals surface area contributed by atoms with Gasteiger partial charge in [-0.05, 0) is 13.8 Å². The van der Waals surface area contributed by atoms with Gasteiger partial charge in [-0.15, -0.1) is 4.91 Å². The molecule has 0 heterocycles. The van der Waals surface area contributed by atoms with Crippen LogP contribution >= 0.6 is 0 Å². The van der Waals surface area contributed by atoms with E-state index in [4.69, 9.17) is 0 Å². The summed E-state index contributed by atoms with van der Waals surface area (Å²) in [4.78, 5) is 9.40. The molecule has 0 aromatic heterocycles. The Kier molecular flexibility index (Phi) is 3.50. The van der Waals surface area contributed by atoms with E-state index in [1.54, 1.807) is 0 Å². The second-order valence-corrected chi connectivity index (χ2v) is 1.65. The Morgan fingerprint density at radius 1 is 1.71 bits per heavy atom. The smallest absolute Gasteiger partial charge is 0.131 e. The van der Waals surface area contributed by atoms with Gasteiger partial charge in [-0.25, -0.2) is 0 Å². The first kappa shape index (κ1) is 6.56. The summed E-state index contributed by atoms with van der Waals surface area (Å²) in [6, 6.07) is 0.359. The van der Waals surface area contributed by atoms with Gasteiger partial charge < -0.3 is 0 Å². The van der Waals surface area contributed by atoms with Crippen molar-refractivity contribution in [3.05, 3.63) is 4.91 Å². The fourth-order valence-corrected chi connectivity index (χ4v) is 0.220. The molecule has 0 unspecified atom stereocenters. The highest BCUT2D eigenvalue weighted by Gasteiger charge is 1.86. The maximum atomic E-state index is 9.40. The molecule has 0 aromatic carbocycles. The lowest BCUT2D eigenvalue weighted by Crippen LogP contribution is -2.21. The molecule has 0 amide bonds. The second kappa shape index (κ2) is 3.74. The van der Waals surface area contributed by atoms with Crippen LogP contribution in [0.5, 0.6) is 0 Å². The summed E-state index contributed by atoms with van der Waals surface area (Å²) in [6.45, 7) is 4.15. The largest absolute Gasteiger partial charge is 0.293 e. The SMILES string of the molecule is CC(C)NCN=O. The van der Waals surface area contributed by atoms with Gasteiger partial charge in [0.25, 0.3) is 0 Å². The molecule has 3 nitrogen and oxygen atoms in total. The summed E-state index contributed by atoms with van der Waals surface area (Å²) in [5, 5.41) is 5.43. The molecule has 0 aliphatic heterocycles. The van der Waals surface area contributed by atoms with E-state index in [1.165, 1.54) is 0 Å². The zero-order valence-electron chi connectivity index (χ0n) is 4.64. The standard InChI is InChI=1S/C4H10N2O/c1-4(2)5-3-6-7/h4-5H,3H2,1-2H3. The van der Waals surface area contributed by atoms with Crippen LogP contribution in [0.15, 0.2) is 5.18 Å². The van der Waals surface area contributed by atoms with E-state index >= 15 is 0 Å². The molecule has 0 radical (unpaired) electrons. The number of nitrogens with zero attached hydrogens (tertiary/aromatic N) is 1. The van der Waals surface area contributed by atoms with Crippen LogP contribution in [0, 0.1) is 4.91 Å². The van der Waals surface area contributed by atoms with Gasteiger partial charge in [-0.3, -0.25) is 5.32 Å². The number of nitroso groups, excluding NO2 is 1. The monoisotopic (exact) mass is 102 g/mol. The first-order valence-corrected chi connectivity index (χ1v) is 2.30. The molecule has 3 heteroatoms. The minimum Gasteiger partial charge on any atom is -0.293 e. The molecule has 0 aromatic rings. The van der Waals surface area contributed by atoms with E-state index in [0.717, 1.165) is 0 Å². The molecule has 0 saturated carbocycles. The van der Waals surface area contributed by atoms with Crippen LogP contribution in [0.2, 0.25) is 0 Å². The Morgan fingerprint density at radius 2 is 2.29 bits per heavy atom. The van der Waals surface area contributed by atoms with Crippen molar-refractivity contribution in [2.45, 2.75) is 19.9 Å². The fourth-order valence-electron chi connectivity index (χ4n) is 0.220. The lowest BCUT2D eigenvalue weighted by molar-refractivity contribution is 0.601. The molecule has 7 heavy (non-hydrogen) atoms. The predicted molar refractivity (Wildman–Crippen MR) is 28.9 cm³/mol. The number of hydrogen-bond donors (Lipinski definition) is 1. The van der Waals surface area contributed by atoms with Crippen LogP contribution in [-0.4, -0.2) is 12.7 Å². The van der Waals surface area contributed by atoms with Crippen LogP contribution < -0.4 is 5.32 Å². The molecular formula is C4H10N2O. The summed E-state index contributed by atoms with van der Waals surface area (Å²) >= 11 is 0. The molecule has 0 aliphatic rings. The van der Waals surface area contributed by atoms with Gasteiger partial charge in [0, 0.05) is 6.04 Å². The average Bonchev–Trinajstić information content (AvgIpc) is 1.61. The Hall–Kier alpha value is -0.440. The van der Waals surface area contributed by atoms with Crippen LogP contribution in [0.4, 0.5) is 0 Å². The van der Waals surface area contributed by atoms with Crippen molar-refractivity contribution in [3.63, 3.8) is 0 Å². The van der Waals surface area contributed by atoms with Crippen LogP contribution in [-0.2, 0) is 0 Å². The Balaban J connectivity index is 2.81. The maximum Gasteiger partial charge on any atom is 0.131 e. The lowest BCUT2D eigenvalue weighted by atomic mass is 10.4. The highest BCUT2D eigenvalue weighted by Crippen LogP contribution is 1.72. The van der Waals surface area contributed by atoms with Crippen molar-refractivity contribution in [1.29, 1.82) is 0 Å². The van der Waals surface area contributed by atoms with E-state index in [1.807, 2.05) is 13.8 Å². The van der Waals surface area contributed by atoms with E-state index in [9.17, 15) is 4.91 Å². The highest BCUT2D eigenvalue weighted by atomic mass is 16.3. The molecule has 0 rings (SSSR count). The first-order valence-electron chi connectivity index (χ1n) is 2.30. The third kappa shape index (κ3) is 5.56. The van der Waals surface area contributed by atoms with Crippen molar-refractivity contribution in [1.82, 2.24) is 5.32 Å².